The molecule has 1 saturated carbocycles. The van der Waals surface area contributed by atoms with Crippen molar-refractivity contribution in [3.63, 3.8) is 0 Å². The Hall–Kier alpha value is -0.850. The third-order valence-electron chi connectivity index (χ3n) is 3.85. The molecule has 0 amide bonds. The summed E-state index contributed by atoms with van der Waals surface area (Å²) in [5.41, 5.74) is 3.88. The number of fused-ring (bicyclic) bond motifs is 1. The van der Waals surface area contributed by atoms with Gasteiger partial charge in [0.15, 0.2) is 5.78 Å². The molecule has 0 N–H and O–H groups in total. The first kappa shape index (κ1) is 8.74. The van der Waals surface area contributed by atoms with Crippen molar-refractivity contribution in [3.8, 4) is 0 Å². The van der Waals surface area contributed by atoms with Gasteiger partial charge >= 0.3 is 0 Å². The van der Waals surface area contributed by atoms with Crippen molar-refractivity contribution in [2.75, 3.05) is 0 Å². The third-order valence-corrected chi connectivity index (χ3v) is 3.85. The summed E-state index contributed by atoms with van der Waals surface area (Å²) < 4.78 is 0. The quantitative estimate of drug-likeness (QED) is 0.518. The summed E-state index contributed by atoms with van der Waals surface area (Å²) in [7, 11) is 0. The van der Waals surface area contributed by atoms with Crippen LogP contribution in [0.25, 0.3) is 0 Å². The molecule has 1 heteroatoms. The van der Waals surface area contributed by atoms with Gasteiger partial charge in [-0.1, -0.05) is 24.6 Å². The van der Waals surface area contributed by atoms with E-state index in [4.69, 9.17) is 0 Å². The molecule has 2 rings (SSSR count). The van der Waals surface area contributed by atoms with Crippen LogP contribution < -0.4 is 0 Å². The lowest BCUT2D eigenvalue weighted by Gasteiger charge is -2.32. The molecular weight excluding hydrogens is 160 g/mol. The molecule has 0 heterocycles. The minimum atomic E-state index is 0.165. The normalized spacial score (nSPS) is 34.0. The van der Waals surface area contributed by atoms with Gasteiger partial charge in [-0.15, -0.1) is 0 Å². The van der Waals surface area contributed by atoms with E-state index in [9.17, 15) is 4.79 Å². The predicted molar refractivity (Wildman–Crippen MR) is 53.4 cm³/mol. The number of ketones is 1. The van der Waals surface area contributed by atoms with Crippen molar-refractivity contribution < 1.29 is 4.79 Å². The molecule has 13 heavy (non-hydrogen) atoms. The first-order chi connectivity index (χ1) is 6.05. The summed E-state index contributed by atoms with van der Waals surface area (Å²) in [6.45, 7) is 8.35. The summed E-state index contributed by atoms with van der Waals surface area (Å²) in [6, 6.07) is 0. The van der Waals surface area contributed by atoms with Crippen molar-refractivity contribution in [3.05, 3.63) is 23.3 Å². The van der Waals surface area contributed by atoms with E-state index in [0.29, 0.717) is 12.2 Å². The SMILES string of the molecule is C=C1CCC2=C(C)C(=O)CC[C@@]12C. The zero-order valence-electron chi connectivity index (χ0n) is 8.44. The highest BCUT2D eigenvalue weighted by Crippen LogP contribution is 2.52. The Morgan fingerprint density at radius 1 is 1.31 bits per heavy atom. The highest BCUT2D eigenvalue weighted by atomic mass is 16.1. The first-order valence-corrected chi connectivity index (χ1v) is 4.97. The fraction of sp³-hybridized carbons (Fsp3) is 0.583. The van der Waals surface area contributed by atoms with Gasteiger partial charge in [-0.3, -0.25) is 4.79 Å². The van der Waals surface area contributed by atoms with Gasteiger partial charge < -0.3 is 0 Å². The Bertz CT molecular complexity index is 322. The zero-order valence-corrected chi connectivity index (χ0v) is 8.44. The van der Waals surface area contributed by atoms with Crippen LogP contribution in [0.1, 0.15) is 39.5 Å². The molecule has 0 aromatic heterocycles. The Labute approximate surface area is 79.5 Å². The summed E-state index contributed by atoms with van der Waals surface area (Å²) in [6.07, 6.45) is 3.84. The van der Waals surface area contributed by atoms with Crippen molar-refractivity contribution in [2.24, 2.45) is 5.41 Å². The lowest BCUT2D eigenvalue weighted by molar-refractivity contribution is -0.116. The monoisotopic (exact) mass is 176 g/mol. The van der Waals surface area contributed by atoms with Crippen molar-refractivity contribution in [2.45, 2.75) is 39.5 Å². The first-order valence-electron chi connectivity index (χ1n) is 4.97. The molecule has 2 aliphatic rings. The van der Waals surface area contributed by atoms with E-state index in [-0.39, 0.29) is 5.41 Å². The van der Waals surface area contributed by atoms with Crippen LogP contribution in [0.3, 0.4) is 0 Å². The second kappa shape index (κ2) is 2.57. The molecule has 0 aromatic carbocycles. The van der Waals surface area contributed by atoms with Gasteiger partial charge in [-0.05, 0) is 31.8 Å². The molecule has 0 spiro atoms. The molecule has 0 radical (unpaired) electrons. The minimum Gasteiger partial charge on any atom is -0.295 e. The van der Waals surface area contributed by atoms with E-state index in [1.54, 1.807) is 0 Å². The number of hydrogen-bond donors (Lipinski definition) is 0. The Balaban J connectivity index is 2.54. The maximum Gasteiger partial charge on any atom is 0.158 e. The Kier molecular flexibility index (Phi) is 1.73. The van der Waals surface area contributed by atoms with Crippen molar-refractivity contribution >= 4 is 5.78 Å². The molecular formula is C12H16O. The van der Waals surface area contributed by atoms with Crippen LogP contribution in [-0.2, 0) is 4.79 Å². The highest BCUT2D eigenvalue weighted by molar-refractivity contribution is 5.97. The molecule has 70 valence electrons. The topological polar surface area (TPSA) is 17.1 Å². The molecule has 0 bridgehead atoms. The lowest BCUT2D eigenvalue weighted by atomic mass is 9.71. The van der Waals surface area contributed by atoms with E-state index in [2.05, 4.69) is 13.5 Å². The summed E-state index contributed by atoms with van der Waals surface area (Å²) in [5.74, 6) is 0.349. The van der Waals surface area contributed by atoms with Gasteiger partial charge in [0, 0.05) is 11.8 Å². The highest BCUT2D eigenvalue weighted by Gasteiger charge is 2.41. The van der Waals surface area contributed by atoms with Crippen LogP contribution in [-0.4, -0.2) is 5.78 Å². The number of carbonyl (C=O) groups is 1. The van der Waals surface area contributed by atoms with Gasteiger partial charge in [0.1, 0.15) is 0 Å². The average Bonchev–Trinajstić information content (AvgIpc) is 2.39. The van der Waals surface area contributed by atoms with E-state index < -0.39 is 0 Å². The Morgan fingerprint density at radius 3 is 2.69 bits per heavy atom. The molecule has 0 aliphatic heterocycles. The van der Waals surface area contributed by atoms with Crippen molar-refractivity contribution in [1.82, 2.24) is 0 Å². The van der Waals surface area contributed by atoms with Crippen molar-refractivity contribution in [1.29, 1.82) is 0 Å². The third kappa shape index (κ3) is 1.03. The molecule has 1 fully saturated rings. The maximum atomic E-state index is 11.5. The maximum absolute atomic E-state index is 11.5. The minimum absolute atomic E-state index is 0.165. The van der Waals surface area contributed by atoms with Gasteiger partial charge in [-0.2, -0.15) is 0 Å². The van der Waals surface area contributed by atoms with E-state index in [0.717, 1.165) is 24.8 Å². The van der Waals surface area contributed by atoms with Crippen LogP contribution in [0.4, 0.5) is 0 Å². The zero-order chi connectivity index (χ0) is 9.64. The molecule has 0 unspecified atom stereocenters. The smallest absolute Gasteiger partial charge is 0.158 e. The molecule has 1 atom stereocenters. The predicted octanol–water partition coefficient (Wildman–Crippen LogP) is 3.02. The molecule has 2 aliphatic carbocycles. The number of rotatable bonds is 0. The summed E-state index contributed by atoms with van der Waals surface area (Å²) in [4.78, 5) is 11.5. The van der Waals surface area contributed by atoms with E-state index >= 15 is 0 Å². The summed E-state index contributed by atoms with van der Waals surface area (Å²) in [5, 5.41) is 0. The number of hydrogen-bond acceptors (Lipinski definition) is 1. The summed E-state index contributed by atoms with van der Waals surface area (Å²) >= 11 is 0. The number of carbonyl (C=O) groups excluding carboxylic acids is 1. The number of allylic oxidation sites excluding steroid dienone is 3. The van der Waals surface area contributed by atoms with Gasteiger partial charge in [0.05, 0.1) is 0 Å². The lowest BCUT2D eigenvalue weighted by Crippen LogP contribution is -2.25. The van der Waals surface area contributed by atoms with Gasteiger partial charge in [0.2, 0.25) is 0 Å². The fourth-order valence-corrected chi connectivity index (χ4v) is 2.69. The molecule has 1 nitrogen and oxygen atoms in total. The van der Waals surface area contributed by atoms with Crippen LogP contribution in [0.2, 0.25) is 0 Å². The largest absolute Gasteiger partial charge is 0.295 e. The second-order valence-corrected chi connectivity index (χ2v) is 4.46. The van der Waals surface area contributed by atoms with Gasteiger partial charge in [-0.25, -0.2) is 0 Å². The van der Waals surface area contributed by atoms with Gasteiger partial charge in [0.25, 0.3) is 0 Å². The molecule has 0 aromatic rings. The number of Topliss-reactive ketones (excluding diaryl/α,β-unsaturated/α-hetero) is 1. The van der Waals surface area contributed by atoms with E-state index in [1.807, 2.05) is 6.92 Å². The van der Waals surface area contributed by atoms with Crippen LogP contribution in [0.5, 0.6) is 0 Å². The Morgan fingerprint density at radius 2 is 2.00 bits per heavy atom. The van der Waals surface area contributed by atoms with Crippen LogP contribution >= 0.6 is 0 Å². The second-order valence-electron chi connectivity index (χ2n) is 4.46. The van der Waals surface area contributed by atoms with Crippen LogP contribution in [0.15, 0.2) is 23.3 Å². The fourth-order valence-electron chi connectivity index (χ4n) is 2.69. The average molecular weight is 176 g/mol. The standard InChI is InChI=1S/C12H16O/c1-8-4-5-10-9(2)11(13)6-7-12(8,10)3/h1,4-7H2,2-3H3/t12-/m0/s1. The van der Waals surface area contributed by atoms with E-state index in [1.165, 1.54) is 11.1 Å². The molecule has 0 saturated heterocycles. The van der Waals surface area contributed by atoms with Crippen LogP contribution in [0, 0.1) is 5.41 Å².